The summed E-state index contributed by atoms with van der Waals surface area (Å²) in [4.78, 5) is 13.5. The first-order valence-electron chi connectivity index (χ1n) is 36.0. The fourth-order valence-electron chi connectivity index (χ4n) is 12.7. The van der Waals surface area contributed by atoms with E-state index in [1.54, 1.807) is 6.08 Å². The number of aliphatic hydroxyl groups is 14. The molecule has 0 bridgehead atoms. The summed E-state index contributed by atoms with van der Waals surface area (Å²) in [5.74, 6) is -0.303. The molecule has 542 valence electrons. The lowest BCUT2D eigenvalue weighted by Crippen LogP contribution is -2.67. The molecule has 92 heavy (non-hydrogen) atoms. The van der Waals surface area contributed by atoms with Gasteiger partial charge in [-0.05, 0) is 19.3 Å². The molecule has 0 spiro atoms. The third kappa shape index (κ3) is 29.4. The van der Waals surface area contributed by atoms with Gasteiger partial charge < -0.3 is 115 Å². The number of carbonyl (C=O) groups excluding carboxylic acids is 1. The predicted molar refractivity (Wildman–Crippen MR) is 342 cm³/mol. The molecule has 0 radical (unpaired) electrons. The highest BCUT2D eigenvalue weighted by atomic mass is 16.8. The Hall–Kier alpha value is -1.67. The summed E-state index contributed by atoms with van der Waals surface area (Å²) in [5, 5.41) is 155. The monoisotopic (exact) mass is 1330 g/mol. The van der Waals surface area contributed by atoms with Crippen molar-refractivity contribution in [2.24, 2.45) is 0 Å². The van der Waals surface area contributed by atoms with Crippen molar-refractivity contribution in [3.63, 3.8) is 0 Å². The van der Waals surface area contributed by atoms with Crippen LogP contribution in [0.5, 0.6) is 0 Å². The first kappa shape index (κ1) is 82.8. The number of amides is 1. The van der Waals surface area contributed by atoms with Crippen LogP contribution >= 0.6 is 0 Å². The molecule has 0 saturated carbocycles. The summed E-state index contributed by atoms with van der Waals surface area (Å²) in [5.41, 5.74) is 0. The Morgan fingerprint density at radius 2 is 0.707 bits per heavy atom. The van der Waals surface area contributed by atoms with Crippen molar-refractivity contribution < 1.29 is 114 Å². The van der Waals surface area contributed by atoms with Crippen LogP contribution in [0.4, 0.5) is 0 Å². The van der Waals surface area contributed by atoms with E-state index in [1.807, 2.05) is 6.08 Å². The van der Waals surface area contributed by atoms with Crippen molar-refractivity contribution in [1.29, 1.82) is 0 Å². The molecule has 4 fully saturated rings. The fourth-order valence-corrected chi connectivity index (χ4v) is 12.7. The number of hydrogen-bond donors (Lipinski definition) is 15. The Morgan fingerprint density at radius 1 is 0.380 bits per heavy atom. The van der Waals surface area contributed by atoms with Crippen LogP contribution in [-0.2, 0) is 42.7 Å². The minimum Gasteiger partial charge on any atom is -0.394 e. The topological polar surface area (TPSA) is 386 Å². The summed E-state index contributed by atoms with van der Waals surface area (Å²) in [6.07, 6.45) is 8.81. The molecule has 0 aromatic carbocycles. The van der Waals surface area contributed by atoms with Gasteiger partial charge >= 0.3 is 0 Å². The van der Waals surface area contributed by atoms with Crippen LogP contribution in [0.3, 0.4) is 0 Å². The lowest BCUT2D eigenvalue weighted by molar-refractivity contribution is -0.390. The number of hydrogen-bond acceptors (Lipinski definition) is 23. The molecule has 4 aliphatic heterocycles. The Kier molecular flexibility index (Phi) is 44.0. The number of aliphatic hydroxyl groups excluding tert-OH is 14. The Morgan fingerprint density at radius 3 is 1.10 bits per heavy atom. The molecule has 4 heterocycles. The SMILES string of the molecule is CCCCCCCCCCCCC/C=C/[C@@H](O)[C@H](CO[C@@H]1OC(CO)[C@@H](O[C@@H]2OC(CO)[C@H](O)[C@H](O[C@H]3OC(CO)[C@H](O)[C@H](O[C@H]4OC(CO)[C@H](O)[C@H](O)C4O)C3O)C2O)[C@H](O)C1O)NC(=O)CCCCCCCCCCCCCCCCCCCCCCCCC. The fraction of sp³-hybridized carbons (Fsp3) is 0.956. The summed E-state index contributed by atoms with van der Waals surface area (Å²) >= 11 is 0. The number of unbranched alkanes of at least 4 members (excludes halogenated alkanes) is 33. The molecule has 0 aromatic rings. The maximum atomic E-state index is 13.5. The van der Waals surface area contributed by atoms with Gasteiger partial charge in [-0.3, -0.25) is 4.79 Å². The zero-order chi connectivity index (χ0) is 67.0. The first-order valence-corrected chi connectivity index (χ1v) is 36.0. The standard InChI is InChI=1S/C68H127NO23/c1-3-5-7-9-11-13-15-17-18-19-20-21-22-23-24-25-26-28-30-32-34-36-38-40-52(75)69-46(47(74)39-37-35-33-31-29-27-16-14-12-10-8-6-4-2)45-85-65-59(82)57(80)62(51(44-73)89-65)90-67-60(83)64(55(78)49(42-71)87-67)92-68-61(84)63(54(77)50(43-72)88-68)91-66-58(81)56(79)53(76)48(41-70)86-66/h37,39,46-51,53-68,70-74,76-84H,3-36,38,40-45H2,1-2H3,(H,69,75)/b39-37+/t46-,47+,48?,49?,50?,51?,53-,54-,55-,56-,57+,58?,59?,60?,61?,62+,63-,64-,65+,66+,67-,68+/m0/s1. The van der Waals surface area contributed by atoms with Gasteiger partial charge in [0.1, 0.15) is 97.7 Å². The molecule has 22 atom stereocenters. The van der Waals surface area contributed by atoms with E-state index in [9.17, 15) is 76.3 Å². The number of ether oxygens (including phenoxy) is 8. The molecule has 4 saturated heterocycles. The Labute approximate surface area is 548 Å². The lowest BCUT2D eigenvalue weighted by Gasteiger charge is -2.49. The van der Waals surface area contributed by atoms with Crippen LogP contribution in [0.2, 0.25) is 0 Å². The second kappa shape index (κ2) is 48.9. The maximum Gasteiger partial charge on any atom is 0.220 e. The van der Waals surface area contributed by atoms with E-state index >= 15 is 0 Å². The summed E-state index contributed by atoms with van der Waals surface area (Å²) in [6, 6.07) is -1.02. The van der Waals surface area contributed by atoms with Gasteiger partial charge in [-0.2, -0.15) is 0 Å². The predicted octanol–water partition coefficient (Wildman–Crippen LogP) is 4.76. The van der Waals surface area contributed by atoms with Gasteiger partial charge in [-0.25, -0.2) is 0 Å². The highest BCUT2D eigenvalue weighted by molar-refractivity contribution is 5.76. The van der Waals surface area contributed by atoms with Crippen molar-refractivity contribution in [2.45, 2.75) is 380 Å². The number of nitrogens with one attached hydrogen (secondary N) is 1. The zero-order valence-electron chi connectivity index (χ0n) is 55.8. The van der Waals surface area contributed by atoms with E-state index in [-0.39, 0.29) is 12.3 Å². The molecule has 15 N–H and O–H groups in total. The smallest absolute Gasteiger partial charge is 0.220 e. The molecule has 0 aliphatic carbocycles. The Bertz CT molecular complexity index is 1850. The number of allylic oxidation sites excluding steroid dienone is 1. The van der Waals surface area contributed by atoms with E-state index in [0.29, 0.717) is 12.8 Å². The van der Waals surface area contributed by atoms with Crippen LogP contribution in [0.25, 0.3) is 0 Å². The van der Waals surface area contributed by atoms with E-state index in [1.165, 1.54) is 167 Å². The molecule has 0 aromatic heterocycles. The summed E-state index contributed by atoms with van der Waals surface area (Å²) < 4.78 is 45.9. The maximum absolute atomic E-state index is 13.5. The largest absolute Gasteiger partial charge is 0.394 e. The Balaban J connectivity index is 1.27. The van der Waals surface area contributed by atoms with E-state index in [2.05, 4.69) is 19.2 Å². The van der Waals surface area contributed by atoms with Gasteiger partial charge in [0.15, 0.2) is 25.2 Å². The van der Waals surface area contributed by atoms with Crippen molar-refractivity contribution in [3.05, 3.63) is 12.2 Å². The summed E-state index contributed by atoms with van der Waals surface area (Å²) in [6.45, 7) is 0.546. The minimum atomic E-state index is -2.09. The highest BCUT2D eigenvalue weighted by Gasteiger charge is 2.56. The van der Waals surface area contributed by atoms with Crippen molar-refractivity contribution in [1.82, 2.24) is 5.32 Å². The third-order valence-electron chi connectivity index (χ3n) is 18.7. The van der Waals surface area contributed by atoms with E-state index in [4.69, 9.17) is 37.9 Å². The van der Waals surface area contributed by atoms with Gasteiger partial charge in [-0.15, -0.1) is 0 Å². The van der Waals surface area contributed by atoms with Gasteiger partial charge in [0, 0.05) is 6.42 Å². The molecular formula is C68H127NO23. The number of carbonyl (C=O) groups is 1. The highest BCUT2D eigenvalue weighted by Crippen LogP contribution is 2.35. The van der Waals surface area contributed by atoms with Crippen LogP contribution < -0.4 is 5.32 Å². The quantitative estimate of drug-likeness (QED) is 0.0288. The van der Waals surface area contributed by atoms with Crippen LogP contribution in [0.15, 0.2) is 12.2 Å². The average Bonchev–Trinajstić information content (AvgIpc) is 0.933. The molecule has 24 nitrogen and oxygen atoms in total. The first-order chi connectivity index (χ1) is 44.6. The second-order valence-electron chi connectivity index (χ2n) is 26.4. The van der Waals surface area contributed by atoms with E-state index in [0.717, 1.165) is 44.9 Å². The third-order valence-corrected chi connectivity index (χ3v) is 18.7. The summed E-state index contributed by atoms with van der Waals surface area (Å²) in [7, 11) is 0. The van der Waals surface area contributed by atoms with Crippen LogP contribution in [0, 0.1) is 0 Å². The van der Waals surface area contributed by atoms with Gasteiger partial charge in [0.2, 0.25) is 5.91 Å². The van der Waals surface area contributed by atoms with Crippen molar-refractivity contribution in [2.75, 3.05) is 33.0 Å². The second-order valence-corrected chi connectivity index (χ2v) is 26.4. The van der Waals surface area contributed by atoms with Gasteiger partial charge in [0.25, 0.3) is 0 Å². The normalized spacial score (nSPS) is 32.7. The van der Waals surface area contributed by atoms with E-state index < -0.39 is 168 Å². The van der Waals surface area contributed by atoms with Gasteiger partial charge in [0.05, 0.1) is 45.2 Å². The average molecular weight is 1330 g/mol. The molecule has 4 rings (SSSR count). The van der Waals surface area contributed by atoms with Crippen LogP contribution in [-0.4, -0.2) is 245 Å². The van der Waals surface area contributed by atoms with Gasteiger partial charge in [-0.1, -0.05) is 231 Å². The lowest BCUT2D eigenvalue weighted by atomic mass is 9.95. The molecule has 8 unspecified atom stereocenters. The minimum absolute atomic E-state index is 0.216. The van der Waals surface area contributed by atoms with Crippen LogP contribution in [0.1, 0.15) is 245 Å². The number of rotatable bonds is 52. The molecule has 4 aliphatic rings. The zero-order valence-corrected chi connectivity index (χ0v) is 55.8. The molecular weight excluding hydrogens is 1200 g/mol. The van der Waals surface area contributed by atoms with Crippen molar-refractivity contribution in [3.8, 4) is 0 Å². The van der Waals surface area contributed by atoms with Crippen molar-refractivity contribution >= 4 is 5.91 Å². The molecule has 24 heteroatoms. The molecule has 1 amide bonds.